The minimum absolute atomic E-state index is 0. The molecule has 0 aromatic heterocycles. The topological polar surface area (TPSA) is 111 Å². The number of likely N-dealkylation sites (N-methyl/N-ethyl adjacent to an activating group) is 1. The number of carbonyl (C=O) groups excluding carboxylic acids is 2. The molecule has 1 N–H and O–H groups in total. The lowest BCUT2D eigenvalue weighted by atomic mass is 9.80. The number of carbonyl (C=O) groups is 2. The summed E-state index contributed by atoms with van der Waals surface area (Å²) < 4.78 is 10.4. The van der Waals surface area contributed by atoms with Crippen molar-refractivity contribution in [1.29, 1.82) is 0 Å². The molecule has 2 rings (SSSR count). The molecule has 0 aliphatic carbocycles. The van der Waals surface area contributed by atoms with Crippen LogP contribution in [-0.4, -0.2) is 55.6 Å². The molecule has 170 valence electrons. The molecule has 0 saturated heterocycles. The molecule has 1 heterocycles. The lowest BCUT2D eigenvalue weighted by Gasteiger charge is -2.30. The molecule has 1 aromatic carbocycles. The van der Waals surface area contributed by atoms with Crippen LogP contribution in [0, 0.1) is 10.1 Å². The Morgan fingerprint density at radius 1 is 1.19 bits per heavy atom. The number of nitro groups is 1. The maximum atomic E-state index is 13.0. The molecule has 0 spiro atoms. The fraction of sp³-hybridized carbons (Fsp3) is 0.429. The van der Waals surface area contributed by atoms with Crippen LogP contribution in [0.4, 0.5) is 5.69 Å². The van der Waals surface area contributed by atoms with Gasteiger partial charge < -0.3 is 19.7 Å². The van der Waals surface area contributed by atoms with E-state index >= 15 is 0 Å². The number of ether oxygens (including phenoxy) is 2. The molecule has 1 aromatic rings. The summed E-state index contributed by atoms with van der Waals surface area (Å²) in [5.41, 5.74) is 1.76. The fourth-order valence-electron chi connectivity index (χ4n) is 3.33. The number of rotatable bonds is 8. The maximum Gasteiger partial charge on any atom is 0.336 e. The van der Waals surface area contributed by atoms with Gasteiger partial charge in [0, 0.05) is 30.1 Å². The van der Waals surface area contributed by atoms with Crippen LogP contribution in [0.5, 0.6) is 0 Å². The third-order valence-electron chi connectivity index (χ3n) is 5.05. The third-order valence-corrected chi connectivity index (χ3v) is 5.05. The first-order valence-corrected chi connectivity index (χ1v) is 9.58. The van der Waals surface area contributed by atoms with Gasteiger partial charge in [-0.3, -0.25) is 10.1 Å². The molecule has 0 saturated carbocycles. The highest BCUT2D eigenvalue weighted by Gasteiger charge is 2.38. The van der Waals surface area contributed by atoms with Gasteiger partial charge in [0.15, 0.2) is 0 Å². The van der Waals surface area contributed by atoms with Gasteiger partial charge in [0.05, 0.1) is 29.1 Å². The summed E-state index contributed by atoms with van der Waals surface area (Å²) in [6, 6.07) is 5.88. The second-order valence-electron chi connectivity index (χ2n) is 7.01. The number of allylic oxidation sites excluding steroid dienone is 2. The van der Waals surface area contributed by atoms with Crippen LogP contribution in [0.15, 0.2) is 46.8 Å². The summed E-state index contributed by atoms with van der Waals surface area (Å²) in [4.78, 5) is 38.3. The molecule has 31 heavy (non-hydrogen) atoms. The molecule has 0 bridgehead atoms. The number of non-ortho nitro benzene ring substituents is 1. The highest BCUT2D eigenvalue weighted by Crippen LogP contribution is 2.40. The summed E-state index contributed by atoms with van der Waals surface area (Å²) in [5.74, 6) is -2.06. The molecule has 0 amide bonds. The van der Waals surface area contributed by atoms with E-state index in [1.165, 1.54) is 25.3 Å². The molecule has 0 radical (unpaired) electrons. The van der Waals surface area contributed by atoms with Crippen LogP contribution in [0.3, 0.4) is 0 Å². The van der Waals surface area contributed by atoms with Crippen molar-refractivity contribution in [2.75, 3.05) is 33.9 Å². The molecule has 1 unspecified atom stereocenters. The van der Waals surface area contributed by atoms with Gasteiger partial charge >= 0.3 is 11.9 Å². The number of hydrogen-bond acceptors (Lipinski definition) is 8. The van der Waals surface area contributed by atoms with E-state index in [1.807, 2.05) is 18.9 Å². The fourth-order valence-corrected chi connectivity index (χ4v) is 3.33. The number of halogens is 1. The van der Waals surface area contributed by atoms with Gasteiger partial charge in [-0.2, -0.15) is 0 Å². The van der Waals surface area contributed by atoms with Crippen molar-refractivity contribution in [3.8, 4) is 0 Å². The van der Waals surface area contributed by atoms with Crippen molar-refractivity contribution in [2.45, 2.75) is 26.7 Å². The predicted molar refractivity (Wildman–Crippen MR) is 118 cm³/mol. The molecule has 0 fully saturated rings. The lowest BCUT2D eigenvalue weighted by molar-refractivity contribution is -0.384. The van der Waals surface area contributed by atoms with Crippen LogP contribution in [0.1, 0.15) is 32.3 Å². The first-order valence-electron chi connectivity index (χ1n) is 9.58. The van der Waals surface area contributed by atoms with Crippen LogP contribution >= 0.6 is 12.4 Å². The zero-order valence-electron chi connectivity index (χ0n) is 18.3. The van der Waals surface area contributed by atoms with Crippen molar-refractivity contribution in [2.24, 2.45) is 0 Å². The van der Waals surface area contributed by atoms with Gasteiger partial charge in [-0.15, -0.1) is 12.4 Å². The van der Waals surface area contributed by atoms with E-state index in [2.05, 4.69) is 5.32 Å². The van der Waals surface area contributed by atoms with Crippen molar-refractivity contribution >= 4 is 30.0 Å². The third kappa shape index (κ3) is 6.05. The molecule has 1 atom stereocenters. The Hall–Kier alpha value is -2.91. The van der Waals surface area contributed by atoms with Crippen LogP contribution in [0.2, 0.25) is 0 Å². The molecule has 1 aliphatic rings. The summed E-state index contributed by atoms with van der Waals surface area (Å²) >= 11 is 0. The van der Waals surface area contributed by atoms with E-state index in [1.54, 1.807) is 19.9 Å². The SMILES string of the molecule is CCN(C)CCOC(=O)C1=C(C)NC(C)=C(C(=O)OC)C1c1cccc([N+](=O)[O-])c1.Cl. The monoisotopic (exact) mass is 453 g/mol. The number of esters is 2. The molecular formula is C21H28ClN3O6. The minimum Gasteiger partial charge on any atom is -0.466 e. The Balaban J connectivity index is 0.00000480. The Morgan fingerprint density at radius 3 is 2.35 bits per heavy atom. The van der Waals surface area contributed by atoms with E-state index < -0.39 is 22.8 Å². The van der Waals surface area contributed by atoms with E-state index in [4.69, 9.17) is 9.47 Å². The van der Waals surface area contributed by atoms with Crippen molar-refractivity contribution in [3.05, 3.63) is 62.5 Å². The first-order chi connectivity index (χ1) is 14.2. The van der Waals surface area contributed by atoms with Gasteiger partial charge in [0.25, 0.3) is 5.69 Å². The average molecular weight is 454 g/mol. The smallest absolute Gasteiger partial charge is 0.336 e. The van der Waals surface area contributed by atoms with Crippen molar-refractivity contribution < 1.29 is 24.0 Å². The van der Waals surface area contributed by atoms with Crippen LogP contribution in [-0.2, 0) is 19.1 Å². The predicted octanol–water partition coefficient (Wildman–Crippen LogP) is 2.92. The van der Waals surface area contributed by atoms with Crippen LogP contribution < -0.4 is 5.32 Å². The largest absolute Gasteiger partial charge is 0.466 e. The van der Waals surface area contributed by atoms with Crippen LogP contribution in [0.25, 0.3) is 0 Å². The van der Waals surface area contributed by atoms with E-state index in [0.29, 0.717) is 23.5 Å². The Kier molecular flexibility index (Phi) is 9.67. The number of nitrogens with zero attached hydrogens (tertiary/aromatic N) is 2. The van der Waals surface area contributed by atoms with Crippen molar-refractivity contribution in [1.82, 2.24) is 10.2 Å². The highest BCUT2D eigenvalue weighted by molar-refractivity contribution is 5.99. The number of dihydropyridines is 1. The van der Waals surface area contributed by atoms with Gasteiger partial charge in [-0.1, -0.05) is 19.1 Å². The second kappa shape index (κ2) is 11.5. The standard InChI is InChI=1S/C21H27N3O6.ClH/c1-6-23(4)10-11-30-21(26)18-14(3)22-13(2)17(20(25)29-5)19(18)15-8-7-9-16(12-15)24(27)28;/h7-9,12,19,22H,6,10-11H2,1-5H3;1H. The second-order valence-corrected chi connectivity index (χ2v) is 7.01. The quantitative estimate of drug-likeness (QED) is 0.363. The highest BCUT2D eigenvalue weighted by atomic mass is 35.5. The summed E-state index contributed by atoms with van der Waals surface area (Å²) in [6.07, 6.45) is 0. The zero-order chi connectivity index (χ0) is 22.4. The van der Waals surface area contributed by atoms with Crippen molar-refractivity contribution in [3.63, 3.8) is 0 Å². The number of benzene rings is 1. The number of nitrogens with one attached hydrogen (secondary N) is 1. The van der Waals surface area contributed by atoms with E-state index in [9.17, 15) is 19.7 Å². The van der Waals surface area contributed by atoms with E-state index in [-0.39, 0.29) is 35.8 Å². The normalized spacial score (nSPS) is 15.9. The molecule has 10 heteroatoms. The Morgan fingerprint density at radius 2 is 1.81 bits per heavy atom. The number of methoxy groups -OCH3 is 1. The summed E-state index contributed by atoms with van der Waals surface area (Å²) in [6.45, 7) is 6.94. The Labute approximate surface area is 187 Å². The molecular weight excluding hydrogens is 426 g/mol. The molecule has 9 nitrogen and oxygen atoms in total. The summed E-state index contributed by atoms with van der Waals surface area (Å²) in [5, 5.41) is 14.3. The summed E-state index contributed by atoms with van der Waals surface area (Å²) in [7, 11) is 3.16. The minimum atomic E-state index is -0.852. The van der Waals surface area contributed by atoms with Gasteiger partial charge in [-0.25, -0.2) is 9.59 Å². The first kappa shape index (κ1) is 26.1. The number of nitro benzene ring substituents is 1. The maximum absolute atomic E-state index is 13.0. The van der Waals surface area contributed by atoms with E-state index in [0.717, 1.165) is 6.54 Å². The zero-order valence-corrected chi connectivity index (χ0v) is 19.1. The lowest BCUT2D eigenvalue weighted by Crippen LogP contribution is -2.33. The Bertz CT molecular complexity index is 912. The van der Waals surface area contributed by atoms with Gasteiger partial charge in [0.2, 0.25) is 0 Å². The van der Waals surface area contributed by atoms with Gasteiger partial charge in [0.1, 0.15) is 6.61 Å². The molecule has 1 aliphatic heterocycles. The average Bonchev–Trinajstić information content (AvgIpc) is 2.72. The number of hydrogen-bond donors (Lipinski definition) is 1. The van der Waals surface area contributed by atoms with Gasteiger partial charge in [-0.05, 0) is 33.0 Å².